The third kappa shape index (κ3) is 3.19. The fourth-order valence-corrected chi connectivity index (χ4v) is 4.34. The number of anilines is 1. The van der Waals surface area contributed by atoms with Gasteiger partial charge in [-0.15, -0.1) is 0 Å². The van der Waals surface area contributed by atoms with E-state index in [1.54, 1.807) is 36.4 Å². The highest BCUT2D eigenvalue weighted by molar-refractivity contribution is 7.22. The van der Waals surface area contributed by atoms with Crippen LogP contribution in [0.2, 0.25) is 0 Å². The Labute approximate surface area is 170 Å². The van der Waals surface area contributed by atoms with Gasteiger partial charge in [0.2, 0.25) is 5.91 Å². The molecule has 3 aromatic rings. The molecular weight excluding hydrogens is 393 g/mol. The number of para-hydroxylation sites is 1. The van der Waals surface area contributed by atoms with Crippen molar-refractivity contribution in [2.45, 2.75) is 26.3 Å². The number of imide groups is 1. The lowest BCUT2D eigenvalue weighted by Gasteiger charge is -2.29. The van der Waals surface area contributed by atoms with Crippen LogP contribution in [-0.2, 0) is 4.79 Å². The molecule has 2 aromatic carbocycles. The van der Waals surface area contributed by atoms with Crippen LogP contribution < -0.4 is 5.32 Å². The third-order valence-corrected chi connectivity index (χ3v) is 6.09. The first-order valence-electron chi connectivity index (χ1n) is 9.25. The highest BCUT2D eigenvalue weighted by Gasteiger charge is 2.44. The van der Waals surface area contributed by atoms with Gasteiger partial charge in [-0.3, -0.25) is 19.3 Å². The number of aromatic nitrogens is 1. The molecule has 0 saturated heterocycles. The van der Waals surface area contributed by atoms with Crippen molar-refractivity contribution in [3.05, 3.63) is 59.4 Å². The molecule has 2 atom stereocenters. The Hall–Kier alpha value is -3.13. The number of nitrogens with zero attached hydrogens (tertiary/aromatic N) is 2. The lowest BCUT2D eigenvalue weighted by Crippen LogP contribution is -2.50. The molecule has 0 saturated carbocycles. The summed E-state index contributed by atoms with van der Waals surface area (Å²) in [6.07, 6.45) is 0.583. The van der Waals surface area contributed by atoms with Gasteiger partial charge in [-0.05, 0) is 30.2 Å². The molecule has 1 N–H and O–H groups in total. The summed E-state index contributed by atoms with van der Waals surface area (Å²) in [5.74, 6) is -2.24. The number of thiazole rings is 1. The Morgan fingerprint density at radius 1 is 1.14 bits per heavy atom. The van der Waals surface area contributed by atoms with Gasteiger partial charge in [-0.1, -0.05) is 49.8 Å². The lowest BCUT2D eigenvalue weighted by molar-refractivity contribution is -0.121. The Bertz CT molecular complexity index is 1110. The minimum Gasteiger partial charge on any atom is -0.300 e. The molecule has 1 aliphatic heterocycles. The SMILES string of the molecule is CCC(C)C(C(=O)Nc1nc2c(F)cccc2s1)N1C(=O)c2ccccc2C1=O. The summed E-state index contributed by atoms with van der Waals surface area (Å²) in [7, 11) is 0. The number of hydrogen-bond donors (Lipinski definition) is 1. The predicted molar refractivity (Wildman–Crippen MR) is 108 cm³/mol. The fourth-order valence-electron chi connectivity index (χ4n) is 3.46. The van der Waals surface area contributed by atoms with Gasteiger partial charge in [0.25, 0.3) is 11.8 Å². The van der Waals surface area contributed by atoms with Crippen molar-refractivity contribution in [3.8, 4) is 0 Å². The topological polar surface area (TPSA) is 79.4 Å². The maximum atomic E-state index is 13.9. The summed E-state index contributed by atoms with van der Waals surface area (Å²) < 4.78 is 14.5. The van der Waals surface area contributed by atoms with Crippen LogP contribution in [0.25, 0.3) is 10.2 Å². The van der Waals surface area contributed by atoms with E-state index in [0.717, 1.165) is 16.2 Å². The number of rotatable bonds is 5. The van der Waals surface area contributed by atoms with Crippen molar-refractivity contribution in [2.75, 3.05) is 5.32 Å². The summed E-state index contributed by atoms with van der Waals surface area (Å²) in [5.41, 5.74) is 0.759. The van der Waals surface area contributed by atoms with Crippen LogP contribution in [0.5, 0.6) is 0 Å². The zero-order valence-electron chi connectivity index (χ0n) is 15.8. The highest BCUT2D eigenvalue weighted by Crippen LogP contribution is 2.31. The number of carbonyl (C=O) groups excluding carboxylic acids is 3. The van der Waals surface area contributed by atoms with E-state index < -0.39 is 29.6 Å². The number of carbonyl (C=O) groups is 3. The monoisotopic (exact) mass is 411 g/mol. The molecule has 4 rings (SSSR count). The van der Waals surface area contributed by atoms with Gasteiger partial charge < -0.3 is 5.32 Å². The van der Waals surface area contributed by atoms with E-state index in [1.807, 2.05) is 13.8 Å². The van der Waals surface area contributed by atoms with Crippen molar-refractivity contribution >= 4 is 44.4 Å². The molecule has 2 unspecified atom stereocenters. The van der Waals surface area contributed by atoms with E-state index in [1.165, 1.54) is 6.07 Å². The summed E-state index contributed by atoms with van der Waals surface area (Å²) >= 11 is 1.14. The average molecular weight is 411 g/mol. The van der Waals surface area contributed by atoms with Crippen LogP contribution >= 0.6 is 11.3 Å². The second-order valence-electron chi connectivity index (χ2n) is 6.95. The summed E-state index contributed by atoms with van der Waals surface area (Å²) in [4.78, 5) is 44.0. The zero-order chi connectivity index (χ0) is 20.7. The molecule has 0 spiro atoms. The minimum absolute atomic E-state index is 0.175. The molecule has 29 heavy (non-hydrogen) atoms. The summed E-state index contributed by atoms with van der Waals surface area (Å²) in [5, 5.41) is 2.90. The maximum absolute atomic E-state index is 13.9. The van der Waals surface area contributed by atoms with E-state index >= 15 is 0 Å². The average Bonchev–Trinajstić information content (AvgIpc) is 3.23. The van der Waals surface area contributed by atoms with E-state index in [4.69, 9.17) is 0 Å². The van der Waals surface area contributed by atoms with Crippen LogP contribution in [0.4, 0.5) is 9.52 Å². The van der Waals surface area contributed by atoms with Gasteiger partial charge in [0.15, 0.2) is 5.13 Å². The number of amides is 3. The normalized spacial score (nSPS) is 15.5. The largest absolute Gasteiger partial charge is 0.300 e. The molecular formula is C21H18FN3O3S. The standard InChI is InChI=1S/C21H18FN3O3S/c1-3-11(2)17(25-19(27)12-7-4-5-8-13(12)20(25)28)18(26)24-21-23-16-14(22)9-6-10-15(16)29-21/h4-11,17H,3H2,1-2H3,(H,23,24,26). The minimum atomic E-state index is -0.996. The number of nitrogens with one attached hydrogen (secondary N) is 1. The van der Waals surface area contributed by atoms with Crippen molar-refractivity contribution in [3.63, 3.8) is 0 Å². The van der Waals surface area contributed by atoms with Gasteiger partial charge in [0.1, 0.15) is 17.4 Å². The molecule has 0 aliphatic carbocycles. The van der Waals surface area contributed by atoms with Crippen LogP contribution in [0.3, 0.4) is 0 Å². The van der Waals surface area contributed by atoms with Crippen molar-refractivity contribution in [1.82, 2.24) is 9.88 Å². The predicted octanol–water partition coefficient (Wildman–Crippen LogP) is 4.08. The summed E-state index contributed by atoms with van der Waals surface area (Å²) in [6, 6.07) is 10.1. The van der Waals surface area contributed by atoms with E-state index in [9.17, 15) is 18.8 Å². The number of fused-ring (bicyclic) bond motifs is 2. The molecule has 1 aromatic heterocycles. The Balaban J connectivity index is 1.66. The second kappa shape index (κ2) is 7.36. The molecule has 8 heteroatoms. The number of benzene rings is 2. The third-order valence-electron chi connectivity index (χ3n) is 5.16. The van der Waals surface area contributed by atoms with Crippen molar-refractivity contribution in [2.24, 2.45) is 5.92 Å². The van der Waals surface area contributed by atoms with Gasteiger partial charge in [0.05, 0.1) is 15.8 Å². The molecule has 3 amide bonds. The number of halogens is 1. The van der Waals surface area contributed by atoms with Crippen LogP contribution in [0.1, 0.15) is 41.0 Å². The highest BCUT2D eigenvalue weighted by atomic mass is 32.1. The first kappa shape index (κ1) is 19.2. The first-order valence-corrected chi connectivity index (χ1v) is 10.1. The van der Waals surface area contributed by atoms with E-state index in [0.29, 0.717) is 22.2 Å². The van der Waals surface area contributed by atoms with E-state index in [2.05, 4.69) is 10.3 Å². The van der Waals surface area contributed by atoms with Crippen LogP contribution in [-0.4, -0.2) is 33.6 Å². The smallest absolute Gasteiger partial charge is 0.262 e. The Kier molecular flexibility index (Phi) is 4.87. The number of hydrogen-bond acceptors (Lipinski definition) is 5. The molecule has 2 heterocycles. The quantitative estimate of drug-likeness (QED) is 0.642. The molecule has 148 valence electrons. The second-order valence-corrected chi connectivity index (χ2v) is 7.98. The van der Waals surface area contributed by atoms with Gasteiger partial charge >= 0.3 is 0 Å². The van der Waals surface area contributed by atoms with Crippen molar-refractivity contribution in [1.29, 1.82) is 0 Å². The van der Waals surface area contributed by atoms with Crippen LogP contribution in [0.15, 0.2) is 42.5 Å². The fraction of sp³-hybridized carbons (Fsp3) is 0.238. The molecule has 0 fully saturated rings. The molecule has 0 radical (unpaired) electrons. The van der Waals surface area contributed by atoms with Crippen LogP contribution in [0, 0.1) is 11.7 Å². The van der Waals surface area contributed by atoms with Gasteiger partial charge in [-0.2, -0.15) is 0 Å². The van der Waals surface area contributed by atoms with Gasteiger partial charge in [-0.25, -0.2) is 9.37 Å². The maximum Gasteiger partial charge on any atom is 0.262 e. The van der Waals surface area contributed by atoms with Gasteiger partial charge in [0, 0.05) is 0 Å². The molecule has 6 nitrogen and oxygen atoms in total. The molecule has 0 bridgehead atoms. The lowest BCUT2D eigenvalue weighted by atomic mass is 9.96. The zero-order valence-corrected chi connectivity index (χ0v) is 16.6. The Morgan fingerprint density at radius 2 is 1.79 bits per heavy atom. The Morgan fingerprint density at radius 3 is 2.38 bits per heavy atom. The molecule has 1 aliphatic rings. The van der Waals surface area contributed by atoms with E-state index in [-0.39, 0.29) is 16.6 Å². The summed E-state index contributed by atoms with van der Waals surface area (Å²) in [6.45, 7) is 3.70. The van der Waals surface area contributed by atoms with Crippen molar-refractivity contribution < 1.29 is 18.8 Å². The first-order chi connectivity index (χ1) is 13.9.